The van der Waals surface area contributed by atoms with Crippen LogP contribution in [0.15, 0.2) is 41.3 Å². The van der Waals surface area contributed by atoms with Crippen molar-refractivity contribution in [2.24, 2.45) is 5.92 Å². The monoisotopic (exact) mass is 383 g/mol. The third-order valence-electron chi connectivity index (χ3n) is 3.95. The molecule has 0 spiro atoms. The van der Waals surface area contributed by atoms with Crippen molar-refractivity contribution in [3.63, 3.8) is 0 Å². The molecule has 1 fully saturated rings. The molecule has 3 rings (SSSR count). The number of anilines is 1. The maximum atomic E-state index is 11.6. The molecular formula is C17H22ClN3O5. The first kappa shape index (κ1) is 20.3. The lowest BCUT2D eigenvalue weighted by Crippen LogP contribution is -2.29. The van der Waals surface area contributed by atoms with E-state index in [0.29, 0.717) is 10.6 Å². The highest BCUT2D eigenvalue weighted by Gasteiger charge is 2.33. The van der Waals surface area contributed by atoms with Gasteiger partial charge in [-0.05, 0) is 24.6 Å². The molecular weight excluding hydrogens is 362 g/mol. The Morgan fingerprint density at radius 1 is 1.35 bits per heavy atom. The number of ether oxygens (including phenoxy) is 1. The average Bonchev–Trinajstić information content (AvgIpc) is 2.97. The largest absolute Gasteiger partial charge is 0.394 e. The summed E-state index contributed by atoms with van der Waals surface area (Å²) in [7, 11) is 0. The molecule has 5 N–H and O–H groups in total. The summed E-state index contributed by atoms with van der Waals surface area (Å²) in [6, 6.07) is 7.90. The lowest BCUT2D eigenvalue weighted by atomic mass is 10.1. The highest BCUT2D eigenvalue weighted by Crippen LogP contribution is 2.32. The van der Waals surface area contributed by atoms with Gasteiger partial charge in [0.1, 0.15) is 12.0 Å². The third kappa shape index (κ3) is 5.26. The summed E-state index contributed by atoms with van der Waals surface area (Å²) < 4.78 is 6.98. The van der Waals surface area contributed by atoms with Crippen LogP contribution in [0.5, 0.6) is 0 Å². The molecule has 142 valence electrons. The molecule has 2 aromatic rings. The fourth-order valence-corrected chi connectivity index (χ4v) is 2.76. The van der Waals surface area contributed by atoms with Crippen molar-refractivity contribution in [1.82, 2.24) is 9.55 Å². The fraction of sp³-hybridized carbons (Fsp3) is 0.412. The van der Waals surface area contributed by atoms with Crippen LogP contribution in [0.25, 0.3) is 0 Å². The van der Waals surface area contributed by atoms with Crippen LogP contribution in [0.2, 0.25) is 5.02 Å². The number of nitrogens with zero attached hydrogens (tertiary/aromatic N) is 2. The quantitative estimate of drug-likeness (QED) is 0.583. The summed E-state index contributed by atoms with van der Waals surface area (Å²) in [5, 5.41) is 26.9. The standard InChI is InChI=1S/C10H15N3O3.C7H7ClO2/c1-6-4-7(5-14)16-9(6)13-3-2-8(11)12-10(13)15;8-6-3-1-5(2-4-6)7(9)10/h2-3,6-7,9,14H,4-5H2,1H3,(H2,11,12,15);1-4,7,9-10H. The molecule has 8 nitrogen and oxygen atoms in total. The number of halogens is 1. The lowest BCUT2D eigenvalue weighted by Gasteiger charge is -2.17. The van der Waals surface area contributed by atoms with Crippen LogP contribution in [0, 0.1) is 5.92 Å². The Balaban J connectivity index is 0.000000209. The first-order chi connectivity index (χ1) is 12.3. The molecule has 2 heterocycles. The van der Waals surface area contributed by atoms with Crippen LogP contribution >= 0.6 is 11.6 Å². The second-order valence-electron chi connectivity index (χ2n) is 6.01. The van der Waals surface area contributed by atoms with E-state index in [1.165, 1.54) is 4.57 Å². The van der Waals surface area contributed by atoms with Crippen molar-refractivity contribution in [3.8, 4) is 0 Å². The zero-order chi connectivity index (χ0) is 19.3. The molecule has 0 bridgehead atoms. The molecule has 0 radical (unpaired) electrons. The number of nitrogen functional groups attached to an aromatic ring is 1. The summed E-state index contributed by atoms with van der Waals surface area (Å²) in [5.41, 5.74) is 5.44. The number of aliphatic hydroxyl groups is 3. The van der Waals surface area contributed by atoms with Crippen LogP contribution in [0.1, 0.15) is 31.4 Å². The number of hydrogen-bond acceptors (Lipinski definition) is 7. The predicted molar refractivity (Wildman–Crippen MR) is 96.3 cm³/mol. The van der Waals surface area contributed by atoms with Gasteiger partial charge in [-0.2, -0.15) is 4.98 Å². The van der Waals surface area contributed by atoms with E-state index in [1.807, 2.05) is 6.92 Å². The highest BCUT2D eigenvalue weighted by molar-refractivity contribution is 6.30. The first-order valence-corrected chi connectivity index (χ1v) is 8.42. The molecule has 1 saturated heterocycles. The second kappa shape index (κ2) is 9.11. The van der Waals surface area contributed by atoms with Gasteiger partial charge < -0.3 is 25.8 Å². The maximum absolute atomic E-state index is 11.6. The van der Waals surface area contributed by atoms with Gasteiger partial charge in [0.15, 0.2) is 6.29 Å². The Kier molecular flexibility index (Phi) is 7.13. The minimum absolute atomic E-state index is 0.0298. The number of rotatable bonds is 3. The third-order valence-corrected chi connectivity index (χ3v) is 4.20. The van der Waals surface area contributed by atoms with E-state index in [2.05, 4.69) is 4.98 Å². The molecule has 9 heteroatoms. The molecule has 3 unspecified atom stereocenters. The lowest BCUT2D eigenvalue weighted by molar-refractivity contribution is -0.0424. The summed E-state index contributed by atoms with van der Waals surface area (Å²) in [6.45, 7) is 1.95. The fourth-order valence-electron chi connectivity index (χ4n) is 2.63. The van der Waals surface area contributed by atoms with E-state index in [4.69, 9.17) is 37.4 Å². The van der Waals surface area contributed by atoms with E-state index in [0.717, 1.165) is 6.42 Å². The Morgan fingerprint density at radius 3 is 2.50 bits per heavy atom. The summed E-state index contributed by atoms with van der Waals surface area (Å²) in [6.07, 6.45) is 0.336. The summed E-state index contributed by atoms with van der Waals surface area (Å²) in [5.74, 6) is 0.367. The molecule has 1 aliphatic rings. The molecule has 3 atom stereocenters. The average molecular weight is 384 g/mol. The zero-order valence-electron chi connectivity index (χ0n) is 14.2. The van der Waals surface area contributed by atoms with Crippen LogP contribution in [-0.4, -0.2) is 37.6 Å². The Labute approximate surface area is 155 Å². The van der Waals surface area contributed by atoms with E-state index >= 15 is 0 Å². The SMILES string of the molecule is CC1CC(CO)OC1n1ccc(N)nc1=O.OC(O)c1ccc(Cl)cc1. The van der Waals surface area contributed by atoms with Crippen molar-refractivity contribution < 1.29 is 20.1 Å². The Morgan fingerprint density at radius 2 is 2.00 bits per heavy atom. The minimum atomic E-state index is -1.41. The number of aromatic nitrogens is 2. The van der Waals surface area contributed by atoms with Gasteiger partial charge in [-0.25, -0.2) is 4.79 Å². The minimum Gasteiger partial charge on any atom is -0.394 e. The van der Waals surface area contributed by atoms with Gasteiger partial charge in [0, 0.05) is 22.7 Å². The molecule has 1 aromatic heterocycles. The van der Waals surface area contributed by atoms with Crippen LogP contribution in [0.4, 0.5) is 5.82 Å². The van der Waals surface area contributed by atoms with E-state index in [-0.39, 0.29) is 30.7 Å². The van der Waals surface area contributed by atoms with Gasteiger partial charge in [-0.15, -0.1) is 0 Å². The first-order valence-electron chi connectivity index (χ1n) is 8.04. The van der Waals surface area contributed by atoms with Crippen LogP contribution in [0.3, 0.4) is 0 Å². The molecule has 0 saturated carbocycles. The molecule has 26 heavy (non-hydrogen) atoms. The Hall–Kier alpha value is -1.97. The topological polar surface area (TPSA) is 131 Å². The van der Waals surface area contributed by atoms with Crippen molar-refractivity contribution in [1.29, 1.82) is 0 Å². The van der Waals surface area contributed by atoms with Crippen molar-refractivity contribution in [2.75, 3.05) is 12.3 Å². The molecule has 0 aliphatic carbocycles. The van der Waals surface area contributed by atoms with E-state index in [9.17, 15) is 4.79 Å². The van der Waals surface area contributed by atoms with Gasteiger partial charge in [0.2, 0.25) is 0 Å². The molecule has 1 aromatic carbocycles. The van der Waals surface area contributed by atoms with Crippen LogP contribution < -0.4 is 11.4 Å². The number of hydrogen-bond donors (Lipinski definition) is 4. The second-order valence-corrected chi connectivity index (χ2v) is 6.45. The summed E-state index contributed by atoms with van der Waals surface area (Å²) >= 11 is 5.55. The highest BCUT2D eigenvalue weighted by atomic mass is 35.5. The normalized spacial score (nSPS) is 22.2. The Bertz CT molecular complexity index is 766. The maximum Gasteiger partial charge on any atom is 0.351 e. The van der Waals surface area contributed by atoms with Gasteiger partial charge in [0.05, 0.1) is 12.7 Å². The molecule has 1 aliphatic heterocycles. The summed E-state index contributed by atoms with van der Waals surface area (Å²) in [4.78, 5) is 15.2. The van der Waals surface area contributed by atoms with Crippen molar-refractivity contribution in [3.05, 3.63) is 57.6 Å². The van der Waals surface area contributed by atoms with Crippen molar-refractivity contribution in [2.45, 2.75) is 32.0 Å². The van der Waals surface area contributed by atoms with Gasteiger partial charge in [-0.1, -0.05) is 30.7 Å². The molecule has 0 amide bonds. The van der Waals surface area contributed by atoms with Gasteiger partial charge in [-0.3, -0.25) is 4.57 Å². The number of aliphatic hydroxyl groups excluding tert-OH is 2. The number of nitrogens with two attached hydrogens (primary N) is 1. The van der Waals surface area contributed by atoms with Gasteiger partial charge in [0.25, 0.3) is 0 Å². The van der Waals surface area contributed by atoms with Crippen LogP contribution in [-0.2, 0) is 4.74 Å². The smallest absolute Gasteiger partial charge is 0.351 e. The zero-order valence-corrected chi connectivity index (χ0v) is 15.0. The van der Waals surface area contributed by atoms with Crippen molar-refractivity contribution >= 4 is 17.4 Å². The van der Waals surface area contributed by atoms with Gasteiger partial charge >= 0.3 is 5.69 Å². The predicted octanol–water partition coefficient (Wildman–Crippen LogP) is 1.06. The van der Waals surface area contributed by atoms with E-state index in [1.54, 1.807) is 36.5 Å². The van der Waals surface area contributed by atoms with E-state index < -0.39 is 12.0 Å². The number of benzene rings is 1.